The normalized spacial score (nSPS) is 11.5. The van der Waals surface area contributed by atoms with Gasteiger partial charge >= 0.3 is 0 Å². The summed E-state index contributed by atoms with van der Waals surface area (Å²) in [6.45, 7) is 1.98. The van der Waals surface area contributed by atoms with Crippen LogP contribution in [-0.4, -0.2) is 4.40 Å². The van der Waals surface area contributed by atoms with Gasteiger partial charge in [-0.15, -0.1) is 0 Å². The molecule has 2 aromatic heterocycles. The fraction of sp³-hybridized carbons (Fsp3) is 0.0909. The van der Waals surface area contributed by atoms with Gasteiger partial charge in [-0.2, -0.15) is 0 Å². The van der Waals surface area contributed by atoms with E-state index >= 15 is 0 Å². The Morgan fingerprint density at radius 1 is 1.29 bits per heavy atom. The molecule has 0 radical (unpaired) electrons. The van der Waals surface area contributed by atoms with Crippen LogP contribution in [0.3, 0.4) is 0 Å². The highest BCUT2D eigenvalue weighted by Gasteiger charge is 2.10. The Kier molecular flexibility index (Phi) is 1.24. The van der Waals surface area contributed by atoms with Crippen molar-refractivity contribution in [2.24, 2.45) is 0 Å². The first-order valence-electron chi connectivity index (χ1n) is 4.52. The van der Waals surface area contributed by atoms with Crippen molar-refractivity contribution in [3.8, 4) is 0 Å². The van der Waals surface area contributed by atoms with Crippen molar-refractivity contribution in [2.75, 3.05) is 5.73 Å². The molecule has 0 aliphatic heterocycles. The zero-order valence-corrected chi connectivity index (χ0v) is 7.82. The maximum absolute atomic E-state index is 5.95. The Morgan fingerprint density at radius 3 is 2.93 bits per heavy atom. The molecule has 0 unspecified atom stereocenters. The maximum Gasteiger partial charge on any atom is 0.206 e. The quantitative estimate of drug-likeness (QED) is 0.586. The zero-order valence-electron chi connectivity index (χ0n) is 7.82. The molecule has 0 aliphatic carbocycles. The molecule has 0 saturated heterocycles. The standard InChI is InChI=1S/C11H10N2O/c1-7-6-10-13(11(7)12)8-4-2-3-5-9(8)14-10/h2-6H,12H2,1H3. The van der Waals surface area contributed by atoms with Crippen molar-refractivity contribution < 1.29 is 4.42 Å². The molecular weight excluding hydrogens is 176 g/mol. The van der Waals surface area contributed by atoms with Crippen LogP contribution in [0.5, 0.6) is 0 Å². The largest absolute Gasteiger partial charge is 0.438 e. The van der Waals surface area contributed by atoms with Gasteiger partial charge < -0.3 is 10.2 Å². The topological polar surface area (TPSA) is 43.6 Å². The van der Waals surface area contributed by atoms with E-state index in [2.05, 4.69) is 0 Å². The summed E-state index contributed by atoms with van der Waals surface area (Å²) in [5.74, 6) is 0.755. The third-order valence-corrected chi connectivity index (χ3v) is 2.53. The third kappa shape index (κ3) is 0.763. The highest BCUT2D eigenvalue weighted by atomic mass is 16.3. The van der Waals surface area contributed by atoms with Crippen LogP contribution in [0.1, 0.15) is 5.56 Å². The minimum atomic E-state index is 0.755. The highest BCUT2D eigenvalue weighted by molar-refractivity contribution is 5.80. The molecule has 1 aromatic carbocycles. The Bertz CT molecular complexity index is 619. The smallest absolute Gasteiger partial charge is 0.206 e. The summed E-state index contributed by atoms with van der Waals surface area (Å²) in [5.41, 5.74) is 9.70. The van der Waals surface area contributed by atoms with E-state index in [1.807, 2.05) is 41.7 Å². The van der Waals surface area contributed by atoms with Crippen LogP contribution in [-0.2, 0) is 0 Å². The van der Waals surface area contributed by atoms with Gasteiger partial charge in [0, 0.05) is 6.07 Å². The minimum Gasteiger partial charge on any atom is -0.438 e. The average Bonchev–Trinajstić information content (AvgIpc) is 2.65. The van der Waals surface area contributed by atoms with Gasteiger partial charge in [0.05, 0.1) is 5.52 Å². The summed E-state index contributed by atoms with van der Waals surface area (Å²) in [6.07, 6.45) is 0. The first-order valence-corrected chi connectivity index (χ1v) is 4.52. The van der Waals surface area contributed by atoms with Gasteiger partial charge in [-0.25, -0.2) is 0 Å². The molecule has 0 aliphatic rings. The van der Waals surface area contributed by atoms with Crippen LogP contribution in [0.25, 0.3) is 16.8 Å². The van der Waals surface area contributed by atoms with Crippen molar-refractivity contribution in [1.29, 1.82) is 0 Å². The Labute approximate surface area is 80.7 Å². The number of rotatable bonds is 0. The first-order chi connectivity index (χ1) is 6.77. The molecule has 2 N–H and O–H groups in total. The molecule has 0 saturated carbocycles. The molecule has 0 atom stereocenters. The maximum atomic E-state index is 5.95. The molecule has 14 heavy (non-hydrogen) atoms. The number of hydrogen-bond donors (Lipinski definition) is 1. The first kappa shape index (κ1) is 7.50. The second kappa shape index (κ2) is 2.32. The van der Waals surface area contributed by atoms with Crippen LogP contribution in [0.4, 0.5) is 5.82 Å². The van der Waals surface area contributed by atoms with Crippen LogP contribution < -0.4 is 5.73 Å². The predicted molar refractivity (Wildman–Crippen MR) is 56.3 cm³/mol. The number of aryl methyl sites for hydroxylation is 1. The number of aromatic nitrogens is 1. The van der Waals surface area contributed by atoms with Gasteiger partial charge in [-0.1, -0.05) is 12.1 Å². The van der Waals surface area contributed by atoms with Crippen molar-refractivity contribution in [1.82, 2.24) is 4.40 Å². The molecule has 0 spiro atoms. The minimum absolute atomic E-state index is 0.755. The Balaban J connectivity index is 2.62. The molecule has 2 heterocycles. The lowest BCUT2D eigenvalue weighted by Crippen LogP contribution is -1.92. The van der Waals surface area contributed by atoms with E-state index in [1.54, 1.807) is 0 Å². The number of hydrogen-bond acceptors (Lipinski definition) is 2. The van der Waals surface area contributed by atoms with E-state index in [1.165, 1.54) is 0 Å². The molecule has 3 nitrogen and oxygen atoms in total. The number of fused-ring (bicyclic) bond motifs is 3. The van der Waals surface area contributed by atoms with Crippen molar-refractivity contribution in [2.45, 2.75) is 6.92 Å². The van der Waals surface area contributed by atoms with Crippen molar-refractivity contribution >= 4 is 22.6 Å². The summed E-state index contributed by atoms with van der Waals surface area (Å²) >= 11 is 0. The number of nitrogens with two attached hydrogens (primary N) is 1. The van der Waals surface area contributed by atoms with Gasteiger partial charge in [-0.05, 0) is 24.6 Å². The van der Waals surface area contributed by atoms with Gasteiger partial charge in [0.1, 0.15) is 5.82 Å². The van der Waals surface area contributed by atoms with Crippen molar-refractivity contribution in [3.63, 3.8) is 0 Å². The van der Waals surface area contributed by atoms with Crippen molar-refractivity contribution in [3.05, 3.63) is 35.9 Å². The van der Waals surface area contributed by atoms with Crippen LogP contribution in [0, 0.1) is 6.92 Å². The van der Waals surface area contributed by atoms with E-state index in [0.717, 1.165) is 28.2 Å². The fourth-order valence-electron chi connectivity index (χ4n) is 1.78. The van der Waals surface area contributed by atoms with E-state index in [9.17, 15) is 0 Å². The van der Waals surface area contributed by atoms with Crippen LogP contribution in [0.15, 0.2) is 34.7 Å². The summed E-state index contributed by atoms with van der Waals surface area (Å²) in [4.78, 5) is 0. The molecule has 70 valence electrons. The van der Waals surface area contributed by atoms with E-state index in [0.29, 0.717) is 0 Å². The van der Waals surface area contributed by atoms with Crippen LogP contribution >= 0.6 is 0 Å². The summed E-state index contributed by atoms with van der Waals surface area (Å²) < 4.78 is 7.57. The van der Waals surface area contributed by atoms with Gasteiger partial charge in [0.2, 0.25) is 5.71 Å². The van der Waals surface area contributed by atoms with Crippen LogP contribution in [0.2, 0.25) is 0 Å². The second-order valence-electron chi connectivity index (χ2n) is 3.46. The Hall–Kier alpha value is -1.90. The number of nitrogen functional groups attached to an aromatic ring is 1. The highest BCUT2D eigenvalue weighted by Crippen LogP contribution is 2.26. The van der Waals surface area contributed by atoms with E-state index in [4.69, 9.17) is 10.2 Å². The molecule has 0 bridgehead atoms. The fourth-order valence-corrected chi connectivity index (χ4v) is 1.78. The van der Waals surface area contributed by atoms with E-state index < -0.39 is 0 Å². The molecule has 3 heteroatoms. The lowest BCUT2D eigenvalue weighted by Gasteiger charge is -1.93. The lowest BCUT2D eigenvalue weighted by molar-refractivity contribution is 0.657. The third-order valence-electron chi connectivity index (χ3n) is 2.53. The summed E-state index contributed by atoms with van der Waals surface area (Å²) in [6, 6.07) is 9.83. The molecule has 3 rings (SSSR count). The molecule has 0 amide bonds. The zero-order chi connectivity index (χ0) is 9.71. The molecule has 0 fully saturated rings. The molecular formula is C11H10N2O. The summed E-state index contributed by atoms with van der Waals surface area (Å²) in [5, 5.41) is 0. The number of nitrogens with zero attached hydrogens (tertiary/aromatic N) is 1. The monoisotopic (exact) mass is 186 g/mol. The summed E-state index contributed by atoms with van der Waals surface area (Å²) in [7, 11) is 0. The SMILES string of the molecule is Cc1cc2oc3ccccc3n2c1N. The second-order valence-corrected chi connectivity index (χ2v) is 3.46. The van der Waals surface area contributed by atoms with Gasteiger partial charge in [0.25, 0.3) is 0 Å². The number of para-hydroxylation sites is 2. The number of anilines is 1. The lowest BCUT2D eigenvalue weighted by atomic mass is 10.3. The van der Waals surface area contributed by atoms with Gasteiger partial charge in [0.15, 0.2) is 5.58 Å². The van der Waals surface area contributed by atoms with Gasteiger partial charge in [-0.3, -0.25) is 4.40 Å². The van der Waals surface area contributed by atoms with E-state index in [-0.39, 0.29) is 0 Å². The average molecular weight is 186 g/mol. The number of benzene rings is 1. The Morgan fingerprint density at radius 2 is 2.07 bits per heavy atom. The molecule has 3 aromatic rings. The number of oxazole rings is 1. The predicted octanol–water partition coefficient (Wildman–Crippen LogP) is 2.58.